The van der Waals surface area contributed by atoms with Crippen molar-refractivity contribution in [2.45, 2.75) is 18.4 Å². The van der Waals surface area contributed by atoms with Crippen LogP contribution >= 0.6 is 0 Å². The normalized spacial score (nSPS) is 11.0. The first kappa shape index (κ1) is 22.5. The molecular formula is C20H26N2O6S. The van der Waals surface area contributed by atoms with E-state index >= 15 is 0 Å². The van der Waals surface area contributed by atoms with Gasteiger partial charge in [0, 0.05) is 26.7 Å². The van der Waals surface area contributed by atoms with Crippen LogP contribution in [0.5, 0.6) is 11.5 Å². The van der Waals surface area contributed by atoms with Gasteiger partial charge in [-0.25, -0.2) is 4.79 Å². The molecule has 0 saturated carbocycles. The van der Waals surface area contributed by atoms with Crippen LogP contribution in [0.4, 0.5) is 4.79 Å². The number of amides is 2. The molecule has 9 heteroatoms. The van der Waals surface area contributed by atoms with E-state index in [1.165, 1.54) is 19.2 Å². The molecular weight excluding hydrogens is 396 g/mol. The maximum atomic E-state index is 12.5. The fraction of sp³-hybridized carbons (Fsp3) is 0.350. The lowest BCUT2D eigenvalue weighted by molar-refractivity contribution is 0.146. The van der Waals surface area contributed by atoms with Crippen LogP contribution in [0, 0.1) is 0 Å². The predicted molar refractivity (Wildman–Crippen MR) is 109 cm³/mol. The Balaban J connectivity index is 2.15. The summed E-state index contributed by atoms with van der Waals surface area (Å²) in [4.78, 5) is 13.8. The summed E-state index contributed by atoms with van der Waals surface area (Å²) in [5.74, 6) is 0.716. The van der Waals surface area contributed by atoms with Gasteiger partial charge in [-0.15, -0.1) is 0 Å². The molecule has 0 bridgehead atoms. The van der Waals surface area contributed by atoms with Gasteiger partial charge in [-0.2, -0.15) is 8.42 Å². The number of ether oxygens (including phenoxy) is 2. The van der Waals surface area contributed by atoms with E-state index in [0.717, 1.165) is 5.56 Å². The molecule has 2 rings (SSSR count). The third-order valence-electron chi connectivity index (χ3n) is 4.01. The molecule has 1 N–H and O–H groups in total. The van der Waals surface area contributed by atoms with Crippen LogP contribution < -0.4 is 14.2 Å². The van der Waals surface area contributed by atoms with E-state index in [1.807, 2.05) is 6.92 Å². The summed E-state index contributed by atoms with van der Waals surface area (Å²) in [6, 6.07) is 12.3. The molecule has 0 spiro atoms. The van der Waals surface area contributed by atoms with E-state index in [9.17, 15) is 13.2 Å². The van der Waals surface area contributed by atoms with Crippen molar-refractivity contribution in [3.63, 3.8) is 0 Å². The second-order valence-corrected chi connectivity index (χ2v) is 7.66. The summed E-state index contributed by atoms with van der Waals surface area (Å²) in [5, 5.41) is 2.75. The standard InChI is InChI=1S/C20H26N2O6S/c1-4-21-20(23)22(12-13-26-2)15-16-6-5-7-18(14-16)28-29(24,25)19-10-8-17(27-3)9-11-19/h5-11,14H,4,12-13,15H2,1-3H3,(H,21,23). The number of benzene rings is 2. The van der Waals surface area contributed by atoms with Gasteiger partial charge in [-0.1, -0.05) is 12.1 Å². The number of carbonyl (C=O) groups excluding carboxylic acids is 1. The minimum Gasteiger partial charge on any atom is -0.497 e. The highest BCUT2D eigenvalue weighted by molar-refractivity contribution is 7.87. The highest BCUT2D eigenvalue weighted by atomic mass is 32.2. The van der Waals surface area contributed by atoms with Crippen molar-refractivity contribution in [1.82, 2.24) is 10.2 Å². The molecule has 2 aromatic carbocycles. The van der Waals surface area contributed by atoms with Gasteiger partial charge in [0.2, 0.25) is 0 Å². The van der Waals surface area contributed by atoms with Gasteiger partial charge in [-0.3, -0.25) is 0 Å². The average Bonchev–Trinajstić information content (AvgIpc) is 2.71. The van der Waals surface area contributed by atoms with Crippen molar-refractivity contribution in [3.8, 4) is 11.5 Å². The molecule has 0 aromatic heterocycles. The third kappa shape index (κ3) is 6.65. The lowest BCUT2D eigenvalue weighted by Gasteiger charge is -2.22. The largest absolute Gasteiger partial charge is 0.497 e. The average molecular weight is 423 g/mol. The Kier molecular flexibility index (Phi) is 8.29. The van der Waals surface area contributed by atoms with Crippen molar-refractivity contribution in [2.75, 3.05) is 33.9 Å². The van der Waals surface area contributed by atoms with E-state index < -0.39 is 10.1 Å². The van der Waals surface area contributed by atoms with Gasteiger partial charge in [0.1, 0.15) is 16.4 Å². The smallest absolute Gasteiger partial charge is 0.339 e. The Labute approximate surface area is 171 Å². The monoisotopic (exact) mass is 422 g/mol. The zero-order chi connectivity index (χ0) is 21.3. The number of urea groups is 1. The third-order valence-corrected chi connectivity index (χ3v) is 5.27. The molecule has 2 aromatic rings. The Bertz CT molecular complexity index is 899. The number of methoxy groups -OCH3 is 2. The number of rotatable bonds is 10. The van der Waals surface area contributed by atoms with Crippen LogP contribution in [-0.2, 0) is 21.4 Å². The van der Waals surface area contributed by atoms with Crippen molar-refractivity contribution in [2.24, 2.45) is 0 Å². The van der Waals surface area contributed by atoms with Crippen LogP contribution in [-0.4, -0.2) is 53.3 Å². The maximum absolute atomic E-state index is 12.5. The van der Waals surface area contributed by atoms with Crippen LogP contribution in [0.3, 0.4) is 0 Å². The molecule has 8 nitrogen and oxygen atoms in total. The number of carbonyl (C=O) groups is 1. The quantitative estimate of drug-likeness (QED) is 0.592. The molecule has 0 fully saturated rings. The van der Waals surface area contributed by atoms with Crippen LogP contribution in [0.1, 0.15) is 12.5 Å². The molecule has 2 amide bonds. The molecule has 0 saturated heterocycles. The van der Waals surface area contributed by atoms with E-state index in [2.05, 4.69) is 5.32 Å². The second-order valence-electron chi connectivity index (χ2n) is 6.11. The zero-order valence-corrected chi connectivity index (χ0v) is 17.6. The highest BCUT2D eigenvalue weighted by Crippen LogP contribution is 2.22. The van der Waals surface area contributed by atoms with E-state index in [4.69, 9.17) is 13.7 Å². The molecule has 0 aliphatic heterocycles. The number of nitrogens with one attached hydrogen (secondary N) is 1. The van der Waals surface area contributed by atoms with Crippen molar-refractivity contribution >= 4 is 16.1 Å². The fourth-order valence-corrected chi connectivity index (χ4v) is 3.47. The van der Waals surface area contributed by atoms with Crippen molar-refractivity contribution < 1.29 is 26.9 Å². The Morgan fingerprint density at radius 1 is 1.07 bits per heavy atom. The topological polar surface area (TPSA) is 94.2 Å². The predicted octanol–water partition coefficient (Wildman–Crippen LogP) is 2.64. The Morgan fingerprint density at radius 2 is 1.79 bits per heavy atom. The first-order valence-corrected chi connectivity index (χ1v) is 10.5. The lowest BCUT2D eigenvalue weighted by Crippen LogP contribution is -2.41. The lowest BCUT2D eigenvalue weighted by atomic mass is 10.2. The molecule has 0 aliphatic carbocycles. The number of hydrogen-bond donors (Lipinski definition) is 1. The zero-order valence-electron chi connectivity index (χ0n) is 16.8. The summed E-state index contributed by atoms with van der Waals surface area (Å²) in [6.07, 6.45) is 0. The minimum atomic E-state index is -3.99. The first-order valence-electron chi connectivity index (χ1n) is 9.08. The minimum absolute atomic E-state index is 0.0211. The summed E-state index contributed by atoms with van der Waals surface area (Å²) in [7, 11) is -0.925. The summed E-state index contributed by atoms with van der Waals surface area (Å²) in [5.41, 5.74) is 0.731. The van der Waals surface area contributed by atoms with Crippen LogP contribution in [0.2, 0.25) is 0 Å². The summed E-state index contributed by atoms with van der Waals surface area (Å²) in [6.45, 7) is 3.42. The van der Waals surface area contributed by atoms with Gasteiger partial charge >= 0.3 is 16.1 Å². The van der Waals surface area contributed by atoms with Crippen molar-refractivity contribution in [1.29, 1.82) is 0 Å². The SMILES string of the molecule is CCNC(=O)N(CCOC)Cc1cccc(OS(=O)(=O)c2ccc(OC)cc2)c1. The first-order chi connectivity index (χ1) is 13.9. The van der Waals surface area contributed by atoms with E-state index in [0.29, 0.717) is 25.4 Å². The summed E-state index contributed by atoms with van der Waals surface area (Å²) < 4.78 is 40.4. The fourth-order valence-electron chi connectivity index (χ4n) is 2.55. The maximum Gasteiger partial charge on any atom is 0.339 e. The van der Waals surface area contributed by atoms with Crippen molar-refractivity contribution in [3.05, 3.63) is 54.1 Å². The Hall–Kier alpha value is -2.78. The van der Waals surface area contributed by atoms with Crippen LogP contribution in [0.15, 0.2) is 53.4 Å². The molecule has 0 aliphatic rings. The molecule has 0 radical (unpaired) electrons. The van der Waals surface area contributed by atoms with Gasteiger partial charge in [0.25, 0.3) is 0 Å². The molecule has 0 unspecified atom stereocenters. The molecule has 0 heterocycles. The number of hydrogen-bond acceptors (Lipinski definition) is 6. The van der Waals surface area contributed by atoms with E-state index in [1.54, 1.807) is 48.4 Å². The van der Waals surface area contributed by atoms with Crippen LogP contribution in [0.25, 0.3) is 0 Å². The Morgan fingerprint density at radius 3 is 2.41 bits per heavy atom. The van der Waals surface area contributed by atoms with Gasteiger partial charge in [0.15, 0.2) is 0 Å². The second kappa shape index (κ2) is 10.7. The van der Waals surface area contributed by atoms with Gasteiger partial charge in [0.05, 0.1) is 13.7 Å². The molecule has 0 atom stereocenters. The van der Waals surface area contributed by atoms with Gasteiger partial charge in [-0.05, 0) is 48.9 Å². The van der Waals surface area contributed by atoms with E-state index in [-0.39, 0.29) is 23.2 Å². The molecule has 158 valence electrons. The molecule has 29 heavy (non-hydrogen) atoms. The van der Waals surface area contributed by atoms with Gasteiger partial charge < -0.3 is 23.9 Å². The number of nitrogens with zero attached hydrogens (tertiary/aromatic N) is 1. The highest BCUT2D eigenvalue weighted by Gasteiger charge is 2.18. The summed E-state index contributed by atoms with van der Waals surface area (Å²) >= 11 is 0.